The lowest BCUT2D eigenvalue weighted by atomic mass is 9.49. The van der Waals surface area contributed by atoms with Crippen LogP contribution in [0, 0.1) is 0 Å². The smallest absolute Gasteiger partial charge is 0.490 e. The van der Waals surface area contributed by atoms with Crippen LogP contribution in [0.2, 0.25) is 0 Å². The quantitative estimate of drug-likeness (QED) is 0.0888. The molecule has 14 nitrogen and oxygen atoms in total. The van der Waals surface area contributed by atoms with Crippen molar-refractivity contribution in [2.24, 2.45) is 0 Å². The number of pyridine rings is 2. The van der Waals surface area contributed by atoms with Crippen LogP contribution in [0.4, 0.5) is 11.4 Å². The number of nitrogens with zero attached hydrogens (tertiary/aromatic N) is 4. The molecule has 2 aromatic heterocycles. The van der Waals surface area contributed by atoms with Crippen molar-refractivity contribution in [2.45, 2.75) is 104 Å². The SMILES string of the molecule is CC1(C)OB(B2OC(C)(C)C(C)(C)O2)OC1(C)C.COc1ccc(CN(Cc2ccc(OC)cc2)c2cncc(B(O)O)c2)cc1.COc1ccc(CN(Cc2ccc(OC)cc2)c2cncc(Br)c2)cc1. The molecule has 4 heterocycles. The standard InChI is InChI=1S/C21H23BN2O4.C21H21BrN2O2.C12H24B2O4/c1-27-20-7-3-16(4-8-20)14-24(15-17-5-9-21(28-2)10-6-17)19-11-18(22(25)26)12-23-13-19;1-25-20-7-3-16(4-8-20)14-24(19-11-18(22)12-23-13-19)15-17-5-9-21(26-2)10-6-17;1-9(2)10(3,4)16-13(15-9)14-17-11(5,6)12(7,8)18-14/h3-13,25-26H,14-15H2,1-2H3;3-13H,14-15H2,1-2H3;1-8H3. The van der Waals surface area contributed by atoms with Gasteiger partial charge < -0.3 is 57.4 Å². The van der Waals surface area contributed by atoms with Gasteiger partial charge in [0.15, 0.2) is 0 Å². The van der Waals surface area contributed by atoms with Crippen LogP contribution >= 0.6 is 15.9 Å². The lowest BCUT2D eigenvalue weighted by Crippen LogP contribution is -2.41. The van der Waals surface area contributed by atoms with Gasteiger partial charge in [-0.2, -0.15) is 0 Å². The van der Waals surface area contributed by atoms with E-state index in [-0.39, 0.29) is 22.4 Å². The summed E-state index contributed by atoms with van der Waals surface area (Å²) >= 11 is 3.52. The van der Waals surface area contributed by atoms with Crippen molar-refractivity contribution in [1.82, 2.24) is 9.97 Å². The Morgan fingerprint density at radius 2 is 0.736 bits per heavy atom. The lowest BCUT2D eigenvalue weighted by molar-refractivity contribution is 0.00578. The van der Waals surface area contributed by atoms with Crippen molar-refractivity contribution < 1.29 is 47.6 Å². The summed E-state index contributed by atoms with van der Waals surface area (Å²) < 4.78 is 45.8. The Morgan fingerprint density at radius 3 is 1.00 bits per heavy atom. The van der Waals surface area contributed by atoms with Gasteiger partial charge in [0.1, 0.15) is 23.0 Å². The van der Waals surface area contributed by atoms with Crippen molar-refractivity contribution in [3.63, 3.8) is 0 Å². The van der Waals surface area contributed by atoms with Crippen LogP contribution in [-0.4, -0.2) is 92.0 Å². The second-order valence-electron chi connectivity index (χ2n) is 19.6. The summed E-state index contributed by atoms with van der Waals surface area (Å²) in [5.74, 6) is 3.33. The number of halogens is 1. The van der Waals surface area contributed by atoms with Crippen molar-refractivity contribution >= 4 is 53.9 Å². The van der Waals surface area contributed by atoms with E-state index in [0.29, 0.717) is 18.6 Å². The second kappa shape index (κ2) is 24.4. The van der Waals surface area contributed by atoms with Gasteiger partial charge in [0, 0.05) is 48.5 Å². The van der Waals surface area contributed by atoms with Crippen LogP contribution < -0.4 is 34.2 Å². The maximum absolute atomic E-state index is 9.49. The Hall–Kier alpha value is -5.59. The van der Waals surface area contributed by atoms with Gasteiger partial charge in [0.25, 0.3) is 0 Å². The highest BCUT2D eigenvalue weighted by molar-refractivity contribution is 9.10. The van der Waals surface area contributed by atoms with Crippen molar-refractivity contribution in [2.75, 3.05) is 38.2 Å². The molecule has 0 bridgehead atoms. The van der Waals surface area contributed by atoms with Gasteiger partial charge in [0.2, 0.25) is 0 Å². The Balaban J connectivity index is 0.000000181. The molecule has 0 spiro atoms. The molecule has 0 unspecified atom stereocenters. The highest BCUT2D eigenvalue weighted by Crippen LogP contribution is 2.43. The normalized spacial score (nSPS) is 15.8. The first-order valence-corrected chi connectivity index (χ1v) is 24.6. The molecule has 0 saturated carbocycles. The minimum atomic E-state index is -1.56. The van der Waals surface area contributed by atoms with Crippen LogP contribution in [0.15, 0.2) is 138 Å². The third-order valence-corrected chi connectivity index (χ3v) is 13.8. The molecule has 18 heteroatoms. The summed E-state index contributed by atoms with van der Waals surface area (Å²) in [4.78, 5) is 12.9. The van der Waals surface area contributed by atoms with Gasteiger partial charge in [-0.05, 0) is 154 Å². The first-order chi connectivity index (χ1) is 34.1. The zero-order valence-electron chi connectivity index (χ0n) is 43.6. The molecule has 4 aromatic carbocycles. The van der Waals surface area contributed by atoms with Gasteiger partial charge in [0.05, 0.1) is 74.6 Å². The molecule has 6 aromatic rings. The topological polar surface area (TPSA) is 147 Å². The van der Waals surface area contributed by atoms with E-state index in [0.717, 1.165) is 63.1 Å². The van der Waals surface area contributed by atoms with E-state index in [1.165, 1.54) is 17.3 Å². The first kappa shape index (κ1) is 55.7. The number of hydrogen-bond donors (Lipinski definition) is 2. The molecule has 380 valence electrons. The van der Waals surface area contributed by atoms with Gasteiger partial charge in [-0.15, -0.1) is 0 Å². The number of aromatic nitrogens is 2. The maximum Gasteiger partial charge on any atom is 0.490 e. The summed E-state index contributed by atoms with van der Waals surface area (Å²) in [6, 6.07) is 35.9. The maximum atomic E-state index is 9.49. The third kappa shape index (κ3) is 14.8. The molecule has 0 radical (unpaired) electrons. The summed E-state index contributed by atoms with van der Waals surface area (Å²) in [7, 11) is 4.13. The predicted octanol–water partition coefficient (Wildman–Crippen LogP) is 9.30. The Bertz CT molecular complexity index is 2460. The number of ether oxygens (including phenoxy) is 4. The van der Waals surface area contributed by atoms with Crippen LogP contribution in [0.3, 0.4) is 0 Å². The fourth-order valence-electron chi connectivity index (χ4n) is 7.61. The number of hydrogen-bond acceptors (Lipinski definition) is 14. The minimum absolute atomic E-state index is 0.354. The highest BCUT2D eigenvalue weighted by atomic mass is 79.9. The zero-order valence-corrected chi connectivity index (χ0v) is 45.2. The van der Waals surface area contributed by atoms with Gasteiger partial charge in [-0.3, -0.25) is 9.97 Å². The summed E-state index contributed by atoms with van der Waals surface area (Å²) in [6.07, 6.45) is 6.85. The fraction of sp³-hybridized carbons (Fsp3) is 0.370. The minimum Gasteiger partial charge on any atom is -0.497 e. The van der Waals surface area contributed by atoms with Gasteiger partial charge in [-0.25, -0.2) is 0 Å². The number of methoxy groups -OCH3 is 4. The average molecular weight is 1050 g/mol. The molecular weight excluding hydrogens is 977 g/mol. The number of rotatable bonds is 16. The van der Waals surface area contributed by atoms with E-state index in [9.17, 15) is 10.0 Å². The molecule has 2 aliphatic heterocycles. The lowest BCUT2D eigenvalue weighted by Gasteiger charge is -2.32. The predicted molar refractivity (Wildman–Crippen MR) is 290 cm³/mol. The number of benzene rings is 4. The van der Waals surface area contributed by atoms with Crippen molar-refractivity contribution in [3.05, 3.63) is 161 Å². The van der Waals surface area contributed by atoms with E-state index >= 15 is 0 Å². The summed E-state index contributed by atoms with van der Waals surface area (Å²) in [6.45, 7) is 19.0. The zero-order chi connectivity index (χ0) is 52.3. The van der Waals surface area contributed by atoms with E-state index in [1.54, 1.807) is 46.9 Å². The van der Waals surface area contributed by atoms with Crippen molar-refractivity contribution in [1.29, 1.82) is 0 Å². The van der Waals surface area contributed by atoms with Gasteiger partial charge >= 0.3 is 21.1 Å². The van der Waals surface area contributed by atoms with Crippen LogP contribution in [-0.2, 0) is 44.8 Å². The van der Waals surface area contributed by atoms with Crippen molar-refractivity contribution in [3.8, 4) is 23.0 Å². The Kier molecular flexibility index (Phi) is 18.9. The molecule has 0 aliphatic carbocycles. The van der Waals surface area contributed by atoms with Crippen LogP contribution in [0.5, 0.6) is 23.0 Å². The van der Waals surface area contributed by atoms with Gasteiger partial charge in [-0.1, -0.05) is 48.5 Å². The fourth-order valence-corrected chi connectivity index (χ4v) is 7.97. The summed E-state index contributed by atoms with van der Waals surface area (Å²) in [5, 5.41) is 19.0. The van der Waals surface area contributed by atoms with E-state index in [2.05, 4.69) is 66.0 Å². The first-order valence-electron chi connectivity index (χ1n) is 23.8. The molecule has 2 aliphatic rings. The van der Waals surface area contributed by atoms with E-state index < -0.39 is 21.1 Å². The highest BCUT2D eigenvalue weighted by Gasteiger charge is 2.63. The molecule has 72 heavy (non-hydrogen) atoms. The third-order valence-electron chi connectivity index (χ3n) is 13.4. The molecule has 2 saturated heterocycles. The average Bonchev–Trinajstić information content (AvgIpc) is 3.74. The molecule has 0 amide bonds. The van der Waals surface area contributed by atoms with E-state index in [1.807, 2.05) is 134 Å². The van der Waals surface area contributed by atoms with Crippen LogP contribution in [0.25, 0.3) is 0 Å². The van der Waals surface area contributed by atoms with Crippen LogP contribution in [0.1, 0.15) is 77.6 Å². The molecule has 0 atom stereocenters. The number of anilines is 2. The molecule has 2 fully saturated rings. The monoisotopic (exact) mass is 1040 g/mol. The molecular formula is C54H68B3BrN4O10. The largest absolute Gasteiger partial charge is 0.497 e. The summed E-state index contributed by atoms with van der Waals surface area (Å²) in [5.41, 5.74) is 5.40. The Morgan fingerprint density at radius 1 is 0.458 bits per heavy atom. The molecule has 2 N–H and O–H groups in total. The van der Waals surface area contributed by atoms with E-state index in [4.69, 9.17) is 37.6 Å². The Labute approximate surface area is 435 Å². The molecule has 8 rings (SSSR count). The second-order valence-corrected chi connectivity index (χ2v) is 20.5.